The van der Waals surface area contributed by atoms with Crippen molar-refractivity contribution in [1.82, 2.24) is 4.98 Å². The van der Waals surface area contributed by atoms with E-state index in [-0.39, 0.29) is 24.3 Å². The number of hydrogen-bond acceptors (Lipinski definition) is 7. The quantitative estimate of drug-likeness (QED) is 0.321. The lowest BCUT2D eigenvalue weighted by Gasteiger charge is -2.01. The molecule has 0 amide bonds. The lowest BCUT2D eigenvalue weighted by Crippen LogP contribution is -2.15. The second-order valence-corrected chi connectivity index (χ2v) is 6.08. The van der Waals surface area contributed by atoms with Crippen LogP contribution in [0.15, 0.2) is 44.8 Å². The van der Waals surface area contributed by atoms with Crippen LogP contribution in [0.25, 0.3) is 0 Å². The maximum atomic E-state index is 11.1. The van der Waals surface area contributed by atoms with Crippen molar-refractivity contribution in [2.75, 3.05) is 0 Å². The summed E-state index contributed by atoms with van der Waals surface area (Å²) in [6.07, 6.45) is -0.167. The van der Waals surface area contributed by atoms with Gasteiger partial charge in [0, 0.05) is 5.38 Å². The van der Waals surface area contributed by atoms with Crippen molar-refractivity contribution in [2.45, 2.75) is 6.61 Å². The minimum atomic E-state index is -1.43. The summed E-state index contributed by atoms with van der Waals surface area (Å²) in [5, 5.41) is 21.7. The molecule has 0 spiro atoms. The van der Waals surface area contributed by atoms with E-state index in [0.717, 1.165) is 5.56 Å². The van der Waals surface area contributed by atoms with Crippen molar-refractivity contribution < 1.29 is 29.4 Å². The number of carbonyl (C=O) groups is 3. The van der Waals surface area contributed by atoms with Crippen LogP contribution in [-0.2, 0) is 25.8 Å². The van der Waals surface area contributed by atoms with E-state index in [4.69, 9.17) is 24.6 Å². The molecule has 2 aromatic rings. The smallest absolute Gasteiger partial charge is 0.368 e. The van der Waals surface area contributed by atoms with E-state index in [9.17, 15) is 4.79 Å². The molecule has 0 aliphatic heterocycles. The summed E-state index contributed by atoms with van der Waals surface area (Å²) < 4.78 is 0.597. The second kappa shape index (κ2) is 10.2. The highest BCUT2D eigenvalue weighted by molar-refractivity contribution is 9.11. The minimum Gasteiger partial charge on any atom is -0.476 e. The number of aldehydes is 1. The molecule has 1 aromatic carbocycles. The SMILES string of the molecule is O=C(O)C(=NOCc1ccccc1)c1csc(Br)n1.O=CC(=O)O. The number of benzene rings is 1. The zero-order chi connectivity index (χ0) is 17.9. The van der Waals surface area contributed by atoms with Crippen LogP contribution >= 0.6 is 27.3 Å². The van der Waals surface area contributed by atoms with E-state index < -0.39 is 11.9 Å². The van der Waals surface area contributed by atoms with E-state index in [2.05, 4.69) is 26.1 Å². The highest BCUT2D eigenvalue weighted by Gasteiger charge is 2.17. The molecule has 0 unspecified atom stereocenters. The van der Waals surface area contributed by atoms with E-state index in [1.54, 1.807) is 5.38 Å². The zero-order valence-corrected chi connectivity index (χ0v) is 14.4. The standard InChI is InChI=1S/C12H9BrN2O3S.C2H2O3/c13-12-14-9(7-19-12)10(11(16)17)15-18-6-8-4-2-1-3-5-8;3-1-2(4)5/h1-5,7H,6H2,(H,16,17);1H,(H,4,5). The molecule has 0 aliphatic rings. The van der Waals surface area contributed by atoms with Gasteiger partial charge in [-0.05, 0) is 21.5 Å². The molecule has 0 saturated heterocycles. The largest absolute Gasteiger partial charge is 0.476 e. The summed E-state index contributed by atoms with van der Waals surface area (Å²) >= 11 is 4.46. The fourth-order valence-corrected chi connectivity index (χ4v) is 2.30. The lowest BCUT2D eigenvalue weighted by molar-refractivity contribution is -0.143. The van der Waals surface area contributed by atoms with Crippen molar-refractivity contribution in [3.05, 3.63) is 50.9 Å². The monoisotopic (exact) mass is 414 g/mol. The molecule has 1 heterocycles. The molecule has 126 valence electrons. The highest BCUT2D eigenvalue weighted by Crippen LogP contribution is 2.16. The molecular formula is C14H11BrN2O6S. The van der Waals surface area contributed by atoms with Crippen LogP contribution < -0.4 is 0 Å². The Labute approximate surface area is 148 Å². The zero-order valence-electron chi connectivity index (χ0n) is 12.0. The maximum Gasteiger partial charge on any atom is 0.368 e. The van der Waals surface area contributed by atoms with E-state index in [1.165, 1.54) is 11.3 Å². The van der Waals surface area contributed by atoms with Gasteiger partial charge < -0.3 is 15.1 Å². The highest BCUT2D eigenvalue weighted by atomic mass is 79.9. The van der Waals surface area contributed by atoms with E-state index in [1.807, 2.05) is 30.3 Å². The van der Waals surface area contributed by atoms with Gasteiger partial charge in [0.2, 0.25) is 12.0 Å². The summed E-state index contributed by atoms with van der Waals surface area (Å²) in [6, 6.07) is 9.38. The third kappa shape index (κ3) is 7.11. The fourth-order valence-electron chi connectivity index (χ4n) is 1.30. The lowest BCUT2D eigenvalue weighted by atomic mass is 10.2. The first-order valence-electron chi connectivity index (χ1n) is 6.20. The van der Waals surface area contributed by atoms with Crippen molar-refractivity contribution in [3.8, 4) is 0 Å². The Morgan fingerprint density at radius 1 is 1.29 bits per heavy atom. The van der Waals surface area contributed by atoms with Crippen LogP contribution in [0.4, 0.5) is 0 Å². The minimum absolute atomic E-state index is 0.167. The number of oxime groups is 1. The first-order valence-corrected chi connectivity index (χ1v) is 7.88. The van der Waals surface area contributed by atoms with Crippen LogP contribution in [0.3, 0.4) is 0 Å². The first kappa shape index (κ1) is 19.5. The van der Waals surface area contributed by atoms with Gasteiger partial charge in [-0.2, -0.15) is 0 Å². The van der Waals surface area contributed by atoms with Crippen molar-refractivity contribution in [3.63, 3.8) is 0 Å². The number of rotatable bonds is 6. The number of thiazole rings is 1. The summed E-state index contributed by atoms with van der Waals surface area (Å²) in [5.74, 6) is -2.60. The summed E-state index contributed by atoms with van der Waals surface area (Å²) in [4.78, 5) is 38.1. The molecule has 2 rings (SSSR count). The molecule has 0 aliphatic carbocycles. The van der Waals surface area contributed by atoms with Crippen molar-refractivity contribution >= 4 is 51.2 Å². The van der Waals surface area contributed by atoms with Crippen LogP contribution in [-0.4, -0.2) is 39.1 Å². The molecule has 0 bridgehead atoms. The Bertz CT molecular complexity index is 732. The number of aliphatic carboxylic acids is 2. The Hall–Kier alpha value is -2.59. The molecule has 0 atom stereocenters. The van der Waals surface area contributed by atoms with Gasteiger partial charge in [0.25, 0.3) is 0 Å². The topological polar surface area (TPSA) is 126 Å². The number of carboxylic acids is 2. The number of halogens is 1. The van der Waals surface area contributed by atoms with Crippen LogP contribution in [0.2, 0.25) is 0 Å². The summed E-state index contributed by atoms with van der Waals surface area (Å²) in [6.45, 7) is 0.211. The van der Waals surface area contributed by atoms with E-state index >= 15 is 0 Å². The van der Waals surface area contributed by atoms with Crippen molar-refractivity contribution in [2.24, 2.45) is 5.16 Å². The number of carbonyl (C=O) groups excluding carboxylic acids is 1. The van der Waals surface area contributed by atoms with Crippen LogP contribution in [0, 0.1) is 0 Å². The molecule has 0 saturated carbocycles. The molecule has 1 aromatic heterocycles. The summed E-state index contributed by atoms with van der Waals surface area (Å²) in [5.41, 5.74) is 0.978. The molecule has 24 heavy (non-hydrogen) atoms. The Morgan fingerprint density at radius 2 is 1.92 bits per heavy atom. The third-order valence-electron chi connectivity index (χ3n) is 2.25. The van der Waals surface area contributed by atoms with Gasteiger partial charge in [-0.1, -0.05) is 35.5 Å². The number of aromatic nitrogens is 1. The molecular weight excluding hydrogens is 404 g/mol. The van der Waals surface area contributed by atoms with Gasteiger partial charge in [-0.15, -0.1) is 11.3 Å². The molecule has 0 fully saturated rings. The van der Waals surface area contributed by atoms with Gasteiger partial charge in [-0.3, -0.25) is 4.79 Å². The number of hydrogen-bond donors (Lipinski definition) is 2. The molecule has 10 heteroatoms. The first-order chi connectivity index (χ1) is 11.4. The molecule has 0 radical (unpaired) electrons. The second-order valence-electron chi connectivity index (χ2n) is 3.95. The van der Waals surface area contributed by atoms with E-state index in [0.29, 0.717) is 3.92 Å². The van der Waals surface area contributed by atoms with Gasteiger partial charge in [-0.25, -0.2) is 14.6 Å². The maximum absolute atomic E-state index is 11.1. The number of carboxylic acid groups (broad SMARTS) is 2. The molecule has 8 nitrogen and oxygen atoms in total. The Balaban J connectivity index is 0.000000505. The predicted molar refractivity (Wildman–Crippen MR) is 88.9 cm³/mol. The third-order valence-corrected chi connectivity index (χ3v) is 3.62. The Morgan fingerprint density at radius 3 is 2.38 bits per heavy atom. The number of nitrogens with zero attached hydrogens (tertiary/aromatic N) is 2. The average Bonchev–Trinajstić information content (AvgIpc) is 2.98. The molecule has 2 N–H and O–H groups in total. The Kier molecular flexibility index (Phi) is 8.30. The normalized spacial score (nSPS) is 10.3. The summed E-state index contributed by atoms with van der Waals surface area (Å²) in [7, 11) is 0. The predicted octanol–water partition coefficient (Wildman–Crippen LogP) is 2.18. The van der Waals surface area contributed by atoms with Gasteiger partial charge >= 0.3 is 11.9 Å². The van der Waals surface area contributed by atoms with Gasteiger partial charge in [0.1, 0.15) is 12.3 Å². The van der Waals surface area contributed by atoms with Crippen LogP contribution in [0.1, 0.15) is 11.3 Å². The fraction of sp³-hybridized carbons (Fsp3) is 0.0714. The van der Waals surface area contributed by atoms with Gasteiger partial charge in [0.15, 0.2) is 3.92 Å². The van der Waals surface area contributed by atoms with Crippen molar-refractivity contribution in [1.29, 1.82) is 0 Å². The van der Waals surface area contributed by atoms with Gasteiger partial charge in [0.05, 0.1) is 0 Å². The van der Waals surface area contributed by atoms with Crippen LogP contribution in [0.5, 0.6) is 0 Å². The average molecular weight is 415 g/mol.